The molecule has 4 aliphatic rings. The minimum Gasteiger partial charge on any atom is -0.458 e. The Balaban J connectivity index is 1.28. The number of hydrazine groups is 2. The summed E-state index contributed by atoms with van der Waals surface area (Å²) in [6.45, 7) is 15.2. The first-order chi connectivity index (χ1) is 31.7. The zero-order valence-corrected chi connectivity index (χ0v) is 41.1. The summed E-state index contributed by atoms with van der Waals surface area (Å²) >= 11 is 0. The number of ether oxygens (including phenoxy) is 6. The number of hydrogen-bond donors (Lipinski definition) is 4. The van der Waals surface area contributed by atoms with E-state index in [1.807, 2.05) is 88.2 Å². The van der Waals surface area contributed by atoms with Crippen LogP contribution in [-0.4, -0.2) is 138 Å². The Labute approximate surface area is 395 Å². The fourth-order valence-electron chi connectivity index (χ4n) is 10.6. The Morgan fingerprint density at radius 2 is 1.69 bits per heavy atom. The fourth-order valence-corrected chi connectivity index (χ4v) is 10.6. The molecule has 14 atom stereocenters. The van der Waals surface area contributed by atoms with Crippen LogP contribution in [-0.2, 0) is 38.0 Å². The summed E-state index contributed by atoms with van der Waals surface area (Å²) in [6, 6.07) is 15.1. The van der Waals surface area contributed by atoms with E-state index in [0.717, 1.165) is 11.3 Å². The number of anilines is 1. The second kappa shape index (κ2) is 21.7. The largest absolute Gasteiger partial charge is 0.458 e. The van der Waals surface area contributed by atoms with Crippen molar-refractivity contribution in [3.8, 4) is 0 Å². The van der Waals surface area contributed by atoms with Gasteiger partial charge in [0.15, 0.2) is 18.0 Å². The zero-order chi connectivity index (χ0) is 49.0. The molecule has 0 aromatic heterocycles. The summed E-state index contributed by atoms with van der Waals surface area (Å²) in [5.41, 5.74) is 12.5. The number of benzene rings is 2. The number of aliphatic hydroxyl groups excluding tert-OH is 1. The minimum atomic E-state index is -1.41. The smallest absolute Gasteiger partial charge is 0.410 e. The van der Waals surface area contributed by atoms with Gasteiger partial charge in [0.1, 0.15) is 11.9 Å². The average molecular weight is 935 g/mol. The lowest BCUT2D eigenvalue weighted by molar-refractivity contribution is -0.300. The van der Waals surface area contributed by atoms with E-state index < -0.39 is 89.7 Å². The molecule has 2 aromatic rings. The third-order valence-electron chi connectivity index (χ3n) is 14.5. The molecule has 17 heteroatoms. The number of Topliss-reactive ketones (excluding diaryl/α,β-unsaturated/α-hetero) is 1. The number of nitrogens with two attached hydrogens (primary N) is 1. The van der Waals surface area contributed by atoms with Crippen LogP contribution in [0.1, 0.15) is 103 Å². The number of aliphatic hydroxyl groups is 1. The van der Waals surface area contributed by atoms with Gasteiger partial charge in [0.25, 0.3) is 0 Å². The third kappa shape index (κ3) is 11.2. The molecule has 6 rings (SSSR count). The van der Waals surface area contributed by atoms with Crippen LogP contribution in [0.4, 0.5) is 10.5 Å². The SMILES string of the molecule is CC[C@H]1OC(=O)[C@H](C)[C@@H](O)[C@H](C)[C@@H](OC2O[C@H](C)C[C@H](N(C)C)[C@H]2OC(=O)c2ccccc2)[C@@](C)(OC)C[C@@H](C)C(=O)[C@H](C)C2N(CCCCN3C=C(c4cccc(N)c4)NN3)C(=O)O[C@@]21C. The highest BCUT2D eigenvalue weighted by Crippen LogP contribution is 2.44. The van der Waals surface area contributed by atoms with Gasteiger partial charge in [0.2, 0.25) is 0 Å². The molecule has 0 saturated carbocycles. The molecular formula is C50H74N6O11. The van der Waals surface area contributed by atoms with Crippen molar-refractivity contribution in [3.05, 3.63) is 71.9 Å². The van der Waals surface area contributed by atoms with Crippen LogP contribution in [0.3, 0.4) is 0 Å². The van der Waals surface area contributed by atoms with E-state index in [1.54, 1.807) is 56.9 Å². The number of methoxy groups -OCH3 is 1. The maximum Gasteiger partial charge on any atom is 0.410 e. The van der Waals surface area contributed by atoms with E-state index in [2.05, 4.69) is 11.0 Å². The van der Waals surface area contributed by atoms with Crippen LogP contribution in [0, 0.1) is 23.7 Å². The number of nitrogens with one attached hydrogen (secondary N) is 2. The van der Waals surface area contributed by atoms with Gasteiger partial charge < -0.3 is 54.5 Å². The Bertz CT molecular complexity index is 2080. The maximum absolute atomic E-state index is 15.0. The summed E-state index contributed by atoms with van der Waals surface area (Å²) in [4.78, 5) is 60.5. The normalized spacial score (nSPS) is 35.3. The summed E-state index contributed by atoms with van der Waals surface area (Å²) in [5, 5.41) is 14.1. The molecule has 370 valence electrons. The number of carbonyl (C=O) groups excluding carboxylic acids is 4. The minimum absolute atomic E-state index is 0.123. The number of esters is 2. The molecule has 67 heavy (non-hydrogen) atoms. The second-order valence-corrected chi connectivity index (χ2v) is 19.7. The molecule has 4 aliphatic heterocycles. The van der Waals surface area contributed by atoms with Crippen LogP contribution >= 0.6 is 0 Å². The molecule has 0 spiro atoms. The first-order valence-electron chi connectivity index (χ1n) is 23.8. The number of rotatable bonds is 13. The van der Waals surface area contributed by atoms with Crippen molar-refractivity contribution >= 4 is 35.2 Å². The molecule has 1 amide bonds. The second-order valence-electron chi connectivity index (χ2n) is 19.7. The zero-order valence-electron chi connectivity index (χ0n) is 41.1. The van der Waals surface area contributed by atoms with Gasteiger partial charge in [-0.05, 0) is 98.2 Å². The molecule has 3 saturated heterocycles. The van der Waals surface area contributed by atoms with Gasteiger partial charge in [0, 0.05) is 55.4 Å². The highest BCUT2D eigenvalue weighted by molar-refractivity contribution is 5.89. The van der Waals surface area contributed by atoms with E-state index in [4.69, 9.17) is 34.2 Å². The van der Waals surface area contributed by atoms with Gasteiger partial charge in [-0.2, -0.15) is 0 Å². The van der Waals surface area contributed by atoms with Gasteiger partial charge in [-0.3, -0.25) is 14.6 Å². The van der Waals surface area contributed by atoms with Gasteiger partial charge in [-0.25, -0.2) is 9.59 Å². The highest BCUT2D eigenvalue weighted by Gasteiger charge is 2.60. The first kappa shape index (κ1) is 51.6. The average Bonchev–Trinajstić information content (AvgIpc) is 3.88. The lowest BCUT2D eigenvalue weighted by Gasteiger charge is -2.48. The highest BCUT2D eigenvalue weighted by atomic mass is 16.7. The van der Waals surface area contributed by atoms with Crippen LogP contribution in [0.2, 0.25) is 0 Å². The number of ketones is 1. The monoisotopic (exact) mass is 935 g/mol. The lowest BCUT2D eigenvalue weighted by atomic mass is 9.73. The van der Waals surface area contributed by atoms with Crippen LogP contribution in [0.25, 0.3) is 5.70 Å². The van der Waals surface area contributed by atoms with Crippen molar-refractivity contribution in [1.82, 2.24) is 25.8 Å². The van der Waals surface area contributed by atoms with E-state index in [0.29, 0.717) is 37.1 Å². The van der Waals surface area contributed by atoms with Gasteiger partial charge in [-0.1, -0.05) is 58.0 Å². The topological polar surface area (TPSA) is 204 Å². The molecule has 4 heterocycles. The molecule has 2 aromatic carbocycles. The molecule has 17 nitrogen and oxygen atoms in total. The number of hydrogen-bond acceptors (Lipinski definition) is 16. The number of cyclic esters (lactones) is 1. The van der Waals surface area contributed by atoms with E-state index in [1.165, 1.54) is 7.11 Å². The van der Waals surface area contributed by atoms with E-state index in [9.17, 15) is 24.3 Å². The molecule has 0 radical (unpaired) electrons. The van der Waals surface area contributed by atoms with E-state index >= 15 is 0 Å². The Hall–Kier alpha value is -4.78. The van der Waals surface area contributed by atoms with Crippen LogP contribution in [0.15, 0.2) is 60.8 Å². The molecule has 2 unspecified atom stereocenters. The lowest BCUT2D eigenvalue weighted by Crippen LogP contribution is -2.61. The Kier molecular flexibility index (Phi) is 16.7. The summed E-state index contributed by atoms with van der Waals surface area (Å²) in [6.07, 6.45) is -2.15. The van der Waals surface area contributed by atoms with Crippen molar-refractivity contribution in [2.45, 2.75) is 148 Å². The summed E-state index contributed by atoms with van der Waals surface area (Å²) in [7, 11) is 5.32. The molecular weight excluding hydrogens is 861 g/mol. The number of amides is 1. The Morgan fingerprint density at radius 1 is 0.985 bits per heavy atom. The number of nitrogens with zero attached hydrogens (tertiary/aromatic N) is 3. The number of carbonyl (C=O) groups is 4. The van der Waals surface area contributed by atoms with E-state index in [-0.39, 0.29) is 37.3 Å². The van der Waals surface area contributed by atoms with Gasteiger partial charge in [-0.15, -0.1) is 5.53 Å². The molecule has 5 N–H and O–H groups in total. The number of unbranched alkanes of at least 4 members (excludes halogenated alkanes) is 1. The maximum atomic E-state index is 15.0. The van der Waals surface area contributed by atoms with Crippen molar-refractivity contribution < 1.29 is 52.7 Å². The Morgan fingerprint density at radius 3 is 2.34 bits per heavy atom. The van der Waals surface area contributed by atoms with Crippen molar-refractivity contribution in [3.63, 3.8) is 0 Å². The van der Waals surface area contributed by atoms with Crippen molar-refractivity contribution in [1.29, 1.82) is 0 Å². The number of likely N-dealkylation sites (N-methyl/N-ethyl adjacent to an activating group) is 1. The molecule has 3 fully saturated rings. The number of nitrogen functional groups attached to an aromatic ring is 1. The third-order valence-corrected chi connectivity index (χ3v) is 14.5. The first-order valence-corrected chi connectivity index (χ1v) is 23.8. The predicted molar refractivity (Wildman–Crippen MR) is 251 cm³/mol. The number of fused-ring (bicyclic) bond motifs is 1. The van der Waals surface area contributed by atoms with Gasteiger partial charge in [0.05, 0.1) is 53.2 Å². The molecule has 0 bridgehead atoms. The summed E-state index contributed by atoms with van der Waals surface area (Å²) in [5.74, 6) is -4.76. The predicted octanol–water partition coefficient (Wildman–Crippen LogP) is 5.53. The standard InChI is InChI=1S/C50H74N6O11/c1-12-39-50(8)43(56(48(61)67-50)24-17-16-23-55-28-37(52-53-55)35-21-18-22-36(51)26-35)31(4)40(57)29(2)27-49(7,62-11)44(32(5)41(58)33(6)45(59)64-39)66-47-42(38(54(9)10)25-30(3)63-47)65-46(60)34-19-14-13-15-20-34/h13-15,18-22,26,28-33,38-39,41-44,47,52-53,58H,12,16-17,23-25,27,51H2,1-11H3/t29-,30-,31+,32+,33-,38+,39-,41+,42-,43?,44-,47?,49+,50-/m1/s1. The van der Waals surface area contributed by atoms with Crippen LogP contribution < -0.4 is 16.7 Å². The summed E-state index contributed by atoms with van der Waals surface area (Å²) < 4.78 is 38.5. The quantitative estimate of drug-likeness (QED) is 0.0844. The van der Waals surface area contributed by atoms with Gasteiger partial charge >= 0.3 is 18.0 Å². The van der Waals surface area contributed by atoms with Crippen molar-refractivity contribution in [2.24, 2.45) is 23.7 Å². The van der Waals surface area contributed by atoms with Crippen LogP contribution in [0.5, 0.6) is 0 Å². The van der Waals surface area contributed by atoms with Crippen molar-refractivity contribution in [2.75, 3.05) is 40.0 Å². The molecule has 0 aliphatic carbocycles. The fraction of sp³-hybridized carbons (Fsp3) is 0.640.